The fraction of sp³-hybridized carbons (Fsp3) is 0.0769. The Bertz CT molecular complexity index is 1030. The van der Waals surface area contributed by atoms with Crippen LogP contribution in [0.3, 0.4) is 0 Å². The van der Waals surface area contributed by atoms with E-state index in [9.17, 15) is 4.79 Å². The summed E-state index contributed by atoms with van der Waals surface area (Å²) >= 11 is 0. The van der Waals surface area contributed by atoms with Gasteiger partial charge in [-0.05, 0) is 29.7 Å². The van der Waals surface area contributed by atoms with Crippen LogP contribution in [0, 0.1) is 6.92 Å². The third-order valence-corrected chi connectivity index (χ3v) is 5.26. The minimum Gasteiger partial charge on any atom is -0.316 e. The molecule has 0 aliphatic rings. The fourth-order valence-corrected chi connectivity index (χ4v) is 3.99. The van der Waals surface area contributed by atoms with Crippen LogP contribution in [0.25, 0.3) is 0 Å². The molecule has 3 aromatic carbocycles. The summed E-state index contributed by atoms with van der Waals surface area (Å²) in [6.45, 7) is 5.55. The predicted molar refractivity (Wildman–Crippen MR) is 116 cm³/mol. The summed E-state index contributed by atoms with van der Waals surface area (Å²) < 4.78 is 2.10. The summed E-state index contributed by atoms with van der Waals surface area (Å²) in [5.74, 6) is 0.571. The quantitative estimate of drug-likeness (QED) is 0.256. The van der Waals surface area contributed by atoms with Gasteiger partial charge in [-0.2, -0.15) is 0 Å². The van der Waals surface area contributed by atoms with Crippen LogP contribution in [0.1, 0.15) is 33.0 Å². The molecule has 0 unspecified atom stereocenters. The summed E-state index contributed by atoms with van der Waals surface area (Å²) in [6.07, 6.45) is 3.15. The van der Waals surface area contributed by atoms with E-state index in [1.165, 1.54) is 6.08 Å². The second-order valence-corrected chi connectivity index (χ2v) is 6.92. The summed E-state index contributed by atoms with van der Waals surface area (Å²) in [5.41, 5.74) is 3.01. The number of hydrogen-bond acceptors (Lipinski definition) is 2. The maximum Gasteiger partial charge on any atom is 0.205 e. The van der Waals surface area contributed by atoms with Gasteiger partial charge in [0.2, 0.25) is 5.78 Å². The van der Waals surface area contributed by atoms with E-state index < -0.39 is 5.54 Å². The average molecular weight is 378 g/mol. The molecule has 0 amide bonds. The number of carbonyl (C=O) groups is 1. The van der Waals surface area contributed by atoms with Crippen molar-refractivity contribution in [3.8, 4) is 0 Å². The number of imidazole rings is 1. The van der Waals surface area contributed by atoms with Crippen molar-refractivity contribution in [2.45, 2.75) is 12.5 Å². The van der Waals surface area contributed by atoms with Crippen LogP contribution in [0.4, 0.5) is 0 Å². The Morgan fingerprint density at radius 2 is 1.24 bits per heavy atom. The average Bonchev–Trinajstić information content (AvgIpc) is 3.18. The van der Waals surface area contributed by atoms with Crippen molar-refractivity contribution in [1.82, 2.24) is 9.55 Å². The molecule has 0 atom stereocenters. The van der Waals surface area contributed by atoms with Gasteiger partial charge in [0.1, 0.15) is 17.1 Å². The Kier molecular flexibility index (Phi) is 4.96. The van der Waals surface area contributed by atoms with Gasteiger partial charge in [-0.1, -0.05) is 97.6 Å². The normalized spacial score (nSPS) is 11.2. The standard InChI is InChI=1S/C26H22N2O/c1-3-25(29)24-19-28(20(2)27-24)26(21-13-7-4-8-14-21,22-15-9-5-10-16-22)23-17-11-6-12-18-23/h3-19H,1H2,2H3. The van der Waals surface area contributed by atoms with Crippen molar-refractivity contribution < 1.29 is 4.79 Å². The Labute approximate surface area is 171 Å². The topological polar surface area (TPSA) is 34.9 Å². The molecule has 3 heteroatoms. The molecule has 0 N–H and O–H groups in total. The van der Waals surface area contributed by atoms with Gasteiger partial charge in [-0.3, -0.25) is 4.79 Å². The van der Waals surface area contributed by atoms with Gasteiger partial charge in [-0.25, -0.2) is 4.98 Å². The van der Waals surface area contributed by atoms with E-state index in [2.05, 4.69) is 52.5 Å². The maximum atomic E-state index is 12.3. The summed E-state index contributed by atoms with van der Waals surface area (Å²) in [6, 6.07) is 31.0. The molecule has 4 aromatic rings. The molecule has 0 radical (unpaired) electrons. The number of hydrogen-bond donors (Lipinski definition) is 0. The number of ketones is 1. The lowest BCUT2D eigenvalue weighted by atomic mass is 9.76. The van der Waals surface area contributed by atoms with E-state index >= 15 is 0 Å². The molecule has 4 rings (SSSR count). The molecule has 0 bridgehead atoms. The summed E-state index contributed by atoms with van der Waals surface area (Å²) in [4.78, 5) is 16.9. The lowest BCUT2D eigenvalue weighted by molar-refractivity contribution is 0.104. The molecule has 3 nitrogen and oxygen atoms in total. The number of aromatic nitrogens is 2. The van der Waals surface area contributed by atoms with Crippen molar-refractivity contribution >= 4 is 5.78 Å². The molecule has 0 saturated carbocycles. The second kappa shape index (κ2) is 7.72. The minimum absolute atomic E-state index is 0.185. The van der Waals surface area contributed by atoms with Crippen molar-refractivity contribution in [1.29, 1.82) is 0 Å². The fourth-order valence-electron chi connectivity index (χ4n) is 3.99. The largest absolute Gasteiger partial charge is 0.316 e. The number of rotatable bonds is 6. The molecule has 0 fully saturated rings. The molecular formula is C26H22N2O. The number of nitrogens with zero attached hydrogens (tertiary/aromatic N) is 2. The van der Waals surface area contributed by atoms with E-state index in [4.69, 9.17) is 0 Å². The van der Waals surface area contributed by atoms with Crippen LogP contribution < -0.4 is 0 Å². The zero-order chi connectivity index (χ0) is 20.3. The first-order chi connectivity index (χ1) is 14.2. The molecular weight excluding hydrogens is 356 g/mol. The highest BCUT2D eigenvalue weighted by Gasteiger charge is 2.39. The van der Waals surface area contributed by atoms with Gasteiger partial charge in [0.05, 0.1) is 0 Å². The monoisotopic (exact) mass is 378 g/mol. The van der Waals surface area contributed by atoms with Crippen LogP contribution in [-0.4, -0.2) is 15.3 Å². The van der Waals surface area contributed by atoms with Crippen LogP contribution in [-0.2, 0) is 5.54 Å². The lowest BCUT2D eigenvalue weighted by Gasteiger charge is -2.38. The lowest BCUT2D eigenvalue weighted by Crippen LogP contribution is -2.38. The predicted octanol–water partition coefficient (Wildman–Crippen LogP) is 5.40. The third-order valence-electron chi connectivity index (χ3n) is 5.26. The highest BCUT2D eigenvalue weighted by molar-refractivity contribution is 6.02. The minimum atomic E-state index is -0.666. The van der Waals surface area contributed by atoms with Crippen LogP contribution >= 0.6 is 0 Å². The van der Waals surface area contributed by atoms with Crippen molar-refractivity contribution in [3.63, 3.8) is 0 Å². The molecule has 0 aliphatic carbocycles. The van der Waals surface area contributed by atoms with Gasteiger partial charge < -0.3 is 4.57 Å². The van der Waals surface area contributed by atoms with Gasteiger partial charge in [0, 0.05) is 6.20 Å². The Balaban J connectivity index is 2.14. The van der Waals surface area contributed by atoms with E-state index in [1.54, 1.807) is 0 Å². The second-order valence-electron chi connectivity index (χ2n) is 6.92. The zero-order valence-corrected chi connectivity index (χ0v) is 16.3. The van der Waals surface area contributed by atoms with E-state index in [-0.39, 0.29) is 5.78 Å². The van der Waals surface area contributed by atoms with Crippen LogP contribution in [0.5, 0.6) is 0 Å². The third kappa shape index (κ3) is 3.11. The SMILES string of the molecule is C=CC(=O)c1cn(C(c2ccccc2)(c2ccccc2)c2ccccc2)c(C)n1. The van der Waals surface area contributed by atoms with Gasteiger partial charge in [-0.15, -0.1) is 0 Å². The number of benzene rings is 3. The Morgan fingerprint density at radius 3 is 1.62 bits per heavy atom. The summed E-state index contributed by atoms with van der Waals surface area (Å²) in [5, 5.41) is 0. The number of carbonyl (C=O) groups excluding carboxylic acids is 1. The molecule has 1 aromatic heterocycles. The van der Waals surface area contributed by atoms with Gasteiger partial charge >= 0.3 is 0 Å². The van der Waals surface area contributed by atoms with Crippen molar-refractivity contribution in [2.75, 3.05) is 0 Å². The highest BCUT2D eigenvalue weighted by Crippen LogP contribution is 2.41. The molecule has 1 heterocycles. The van der Waals surface area contributed by atoms with E-state index in [0.29, 0.717) is 5.69 Å². The molecule has 0 spiro atoms. The summed E-state index contributed by atoms with van der Waals surface area (Å²) in [7, 11) is 0. The van der Waals surface area contributed by atoms with Gasteiger partial charge in [0.25, 0.3) is 0 Å². The van der Waals surface area contributed by atoms with Gasteiger partial charge in [0.15, 0.2) is 0 Å². The van der Waals surface area contributed by atoms with E-state index in [0.717, 1.165) is 22.5 Å². The van der Waals surface area contributed by atoms with Crippen LogP contribution in [0.15, 0.2) is 110 Å². The number of aryl methyl sites for hydroxylation is 1. The van der Waals surface area contributed by atoms with Crippen molar-refractivity contribution in [2.24, 2.45) is 0 Å². The smallest absolute Gasteiger partial charge is 0.205 e. The zero-order valence-electron chi connectivity index (χ0n) is 16.3. The Hall–Kier alpha value is -3.72. The molecule has 0 saturated heterocycles. The first kappa shape index (κ1) is 18.6. The molecule has 0 aliphatic heterocycles. The molecule has 142 valence electrons. The number of allylic oxidation sites excluding steroid dienone is 1. The maximum absolute atomic E-state index is 12.3. The Morgan fingerprint density at radius 1 is 0.828 bits per heavy atom. The van der Waals surface area contributed by atoms with E-state index in [1.807, 2.05) is 67.7 Å². The molecule has 29 heavy (non-hydrogen) atoms. The first-order valence-electron chi connectivity index (χ1n) is 9.57. The van der Waals surface area contributed by atoms with Crippen molar-refractivity contribution in [3.05, 3.63) is 138 Å². The highest BCUT2D eigenvalue weighted by atomic mass is 16.1. The first-order valence-corrected chi connectivity index (χ1v) is 9.57. The van der Waals surface area contributed by atoms with Crippen LogP contribution in [0.2, 0.25) is 0 Å².